The Morgan fingerprint density at radius 1 is 0.966 bits per heavy atom. The quantitative estimate of drug-likeness (QED) is 0.381. The summed E-state index contributed by atoms with van der Waals surface area (Å²) < 4.78 is 6.16. The number of aromatic amines is 2. The predicted molar refractivity (Wildman–Crippen MR) is 116 cm³/mol. The van der Waals surface area contributed by atoms with Crippen molar-refractivity contribution < 1.29 is 14.3 Å². The lowest BCUT2D eigenvalue weighted by Gasteiger charge is -2.05. The summed E-state index contributed by atoms with van der Waals surface area (Å²) >= 11 is 9.94. The normalized spacial score (nSPS) is 14.3. The molecule has 0 spiro atoms. The fourth-order valence-electron chi connectivity index (χ4n) is 3.76. The van der Waals surface area contributed by atoms with Crippen LogP contribution >= 0.6 is 27.5 Å². The van der Waals surface area contributed by atoms with E-state index in [1.54, 1.807) is 13.3 Å². The molecule has 2 aromatic carbocycles. The second kappa shape index (κ2) is 6.50. The van der Waals surface area contributed by atoms with Crippen molar-refractivity contribution in [1.29, 1.82) is 0 Å². The molecule has 5 rings (SSSR count). The number of methoxy groups -OCH3 is 1. The van der Waals surface area contributed by atoms with Crippen LogP contribution in [0, 0.1) is 0 Å². The van der Waals surface area contributed by atoms with Crippen LogP contribution in [0.1, 0.15) is 11.1 Å². The van der Waals surface area contributed by atoms with Gasteiger partial charge in [-0.15, -0.1) is 0 Å². The molecule has 4 aromatic rings. The van der Waals surface area contributed by atoms with E-state index >= 15 is 0 Å². The van der Waals surface area contributed by atoms with E-state index < -0.39 is 11.8 Å². The van der Waals surface area contributed by atoms with Crippen LogP contribution in [0.5, 0.6) is 5.75 Å². The second-order valence-electron chi connectivity index (χ2n) is 6.65. The molecule has 0 saturated carbocycles. The largest absolute Gasteiger partial charge is 0.497 e. The zero-order valence-corrected chi connectivity index (χ0v) is 17.4. The standard InChI is InChI=1S/C21H13BrClN3O3/c1-29-10-3-5-14-11(7-10)13(8-24-14)17-18(21(28)26-20(17)27)16-12-6-9(22)2-4-15(12)25-19(16)23/h2-8,24-25H,1H3,(H,26,27,28). The number of aromatic nitrogens is 2. The van der Waals surface area contributed by atoms with Crippen molar-refractivity contribution in [2.75, 3.05) is 7.11 Å². The molecule has 0 radical (unpaired) electrons. The van der Waals surface area contributed by atoms with E-state index in [-0.39, 0.29) is 11.1 Å². The fourth-order valence-corrected chi connectivity index (χ4v) is 4.42. The number of carbonyl (C=O) groups excluding carboxylic acids is 2. The number of carbonyl (C=O) groups is 2. The fraction of sp³-hybridized carbons (Fsp3) is 0.0476. The lowest BCUT2D eigenvalue weighted by Crippen LogP contribution is -2.22. The Bertz CT molecular complexity index is 1380. The number of halogens is 2. The zero-order valence-electron chi connectivity index (χ0n) is 15.0. The lowest BCUT2D eigenvalue weighted by atomic mass is 9.95. The maximum atomic E-state index is 12.8. The third-order valence-electron chi connectivity index (χ3n) is 5.05. The summed E-state index contributed by atoms with van der Waals surface area (Å²) in [5.41, 5.74) is 3.22. The highest BCUT2D eigenvalue weighted by Crippen LogP contribution is 2.41. The maximum Gasteiger partial charge on any atom is 0.259 e. The van der Waals surface area contributed by atoms with E-state index in [1.807, 2.05) is 36.4 Å². The predicted octanol–water partition coefficient (Wildman–Crippen LogP) is 4.64. The Kier molecular flexibility index (Phi) is 4.04. The zero-order chi connectivity index (χ0) is 20.3. The van der Waals surface area contributed by atoms with E-state index in [1.165, 1.54) is 0 Å². The Morgan fingerprint density at radius 3 is 2.52 bits per heavy atom. The summed E-state index contributed by atoms with van der Waals surface area (Å²) in [5.74, 6) is -0.293. The Hall–Kier alpha value is -3.03. The number of amides is 2. The van der Waals surface area contributed by atoms with Gasteiger partial charge in [0.2, 0.25) is 0 Å². The van der Waals surface area contributed by atoms with Gasteiger partial charge in [-0.3, -0.25) is 14.9 Å². The first kappa shape index (κ1) is 18.0. The summed E-state index contributed by atoms with van der Waals surface area (Å²) in [7, 11) is 1.58. The summed E-state index contributed by atoms with van der Waals surface area (Å²) in [5, 5.41) is 4.24. The molecular weight excluding hydrogens is 458 g/mol. The molecule has 29 heavy (non-hydrogen) atoms. The van der Waals surface area contributed by atoms with Crippen molar-refractivity contribution >= 4 is 72.3 Å². The van der Waals surface area contributed by atoms with Gasteiger partial charge in [0, 0.05) is 43.6 Å². The lowest BCUT2D eigenvalue weighted by molar-refractivity contribution is -0.122. The van der Waals surface area contributed by atoms with Gasteiger partial charge in [0.25, 0.3) is 11.8 Å². The summed E-state index contributed by atoms with van der Waals surface area (Å²) in [6.07, 6.45) is 1.72. The van der Waals surface area contributed by atoms with E-state index in [9.17, 15) is 9.59 Å². The molecule has 2 aromatic heterocycles. The van der Waals surface area contributed by atoms with Crippen LogP contribution in [0.2, 0.25) is 5.15 Å². The number of H-pyrrole nitrogens is 2. The van der Waals surface area contributed by atoms with E-state index in [0.717, 1.165) is 26.3 Å². The molecule has 6 nitrogen and oxygen atoms in total. The van der Waals surface area contributed by atoms with E-state index in [4.69, 9.17) is 16.3 Å². The van der Waals surface area contributed by atoms with Gasteiger partial charge < -0.3 is 14.7 Å². The third kappa shape index (κ3) is 2.69. The molecule has 0 bridgehead atoms. The van der Waals surface area contributed by atoms with Crippen LogP contribution in [0.4, 0.5) is 0 Å². The molecule has 3 N–H and O–H groups in total. The van der Waals surface area contributed by atoms with Crippen LogP contribution in [-0.2, 0) is 9.59 Å². The van der Waals surface area contributed by atoms with Crippen LogP contribution in [0.25, 0.3) is 33.0 Å². The van der Waals surface area contributed by atoms with Gasteiger partial charge in [-0.05, 0) is 36.4 Å². The van der Waals surface area contributed by atoms with Crippen LogP contribution in [0.3, 0.4) is 0 Å². The first-order valence-electron chi connectivity index (χ1n) is 8.70. The topological polar surface area (TPSA) is 87.0 Å². The molecule has 0 unspecified atom stereocenters. The monoisotopic (exact) mass is 469 g/mol. The third-order valence-corrected chi connectivity index (χ3v) is 5.83. The van der Waals surface area contributed by atoms with Gasteiger partial charge in [-0.1, -0.05) is 27.5 Å². The molecule has 1 aliphatic heterocycles. The molecular formula is C21H13BrClN3O3. The van der Waals surface area contributed by atoms with E-state index in [2.05, 4.69) is 31.2 Å². The van der Waals surface area contributed by atoms with Crippen molar-refractivity contribution in [1.82, 2.24) is 15.3 Å². The molecule has 3 heterocycles. The molecule has 2 amide bonds. The van der Waals surface area contributed by atoms with Gasteiger partial charge in [0.1, 0.15) is 10.9 Å². The van der Waals surface area contributed by atoms with Gasteiger partial charge in [0.05, 0.1) is 18.3 Å². The first-order valence-corrected chi connectivity index (χ1v) is 9.87. The number of ether oxygens (including phenoxy) is 1. The number of rotatable bonds is 3. The molecule has 144 valence electrons. The maximum absolute atomic E-state index is 12.8. The average Bonchev–Trinajstić information content (AvgIpc) is 3.33. The number of benzene rings is 2. The molecule has 0 atom stereocenters. The van der Waals surface area contributed by atoms with E-state index in [0.29, 0.717) is 22.0 Å². The van der Waals surface area contributed by atoms with Crippen molar-refractivity contribution in [3.05, 3.63) is 63.3 Å². The minimum Gasteiger partial charge on any atom is -0.497 e. The smallest absolute Gasteiger partial charge is 0.259 e. The molecule has 1 aliphatic rings. The second-order valence-corrected chi connectivity index (χ2v) is 7.94. The van der Waals surface area contributed by atoms with Gasteiger partial charge in [0.15, 0.2) is 0 Å². The Labute approximate surface area is 178 Å². The average molecular weight is 471 g/mol. The highest BCUT2D eigenvalue weighted by atomic mass is 79.9. The molecule has 0 saturated heterocycles. The van der Waals surface area contributed by atoms with Crippen molar-refractivity contribution in [3.8, 4) is 5.75 Å². The van der Waals surface area contributed by atoms with Gasteiger partial charge in [-0.25, -0.2) is 0 Å². The Morgan fingerprint density at radius 2 is 1.72 bits per heavy atom. The highest BCUT2D eigenvalue weighted by Gasteiger charge is 2.36. The van der Waals surface area contributed by atoms with Crippen LogP contribution in [-0.4, -0.2) is 28.9 Å². The summed E-state index contributed by atoms with van der Waals surface area (Å²) in [4.78, 5) is 31.9. The number of hydrogen-bond donors (Lipinski definition) is 3. The minimum absolute atomic E-state index is 0.244. The van der Waals surface area contributed by atoms with Crippen LogP contribution in [0.15, 0.2) is 47.1 Å². The number of fused-ring (bicyclic) bond motifs is 2. The number of imide groups is 1. The van der Waals surface area contributed by atoms with Crippen molar-refractivity contribution in [2.24, 2.45) is 0 Å². The summed E-state index contributed by atoms with van der Waals surface area (Å²) in [6.45, 7) is 0. The van der Waals surface area contributed by atoms with Crippen LogP contribution < -0.4 is 10.1 Å². The number of hydrogen-bond acceptors (Lipinski definition) is 3. The Balaban J connectivity index is 1.86. The minimum atomic E-state index is -0.481. The SMILES string of the molecule is COc1ccc2[nH]cc(C3=C(c4c(Cl)[nH]c5ccc(Br)cc45)C(=O)NC3=O)c2c1. The van der Waals surface area contributed by atoms with Crippen molar-refractivity contribution in [2.45, 2.75) is 0 Å². The van der Waals surface area contributed by atoms with Gasteiger partial charge >= 0.3 is 0 Å². The van der Waals surface area contributed by atoms with Crippen molar-refractivity contribution in [3.63, 3.8) is 0 Å². The van der Waals surface area contributed by atoms with Gasteiger partial charge in [-0.2, -0.15) is 0 Å². The highest BCUT2D eigenvalue weighted by molar-refractivity contribution is 9.10. The summed E-state index contributed by atoms with van der Waals surface area (Å²) in [6, 6.07) is 11.1. The number of nitrogens with one attached hydrogen (secondary N) is 3. The molecule has 0 aliphatic carbocycles. The molecule has 8 heteroatoms. The first-order chi connectivity index (χ1) is 14.0. The molecule has 0 fully saturated rings.